The summed E-state index contributed by atoms with van der Waals surface area (Å²) in [5, 5.41) is 1.10. The van der Waals surface area contributed by atoms with E-state index in [1.807, 2.05) is 61.7 Å². The van der Waals surface area contributed by atoms with Crippen LogP contribution >= 0.6 is 0 Å². The fourth-order valence-corrected chi connectivity index (χ4v) is 5.91. The number of amides is 1. The van der Waals surface area contributed by atoms with Crippen molar-refractivity contribution in [1.29, 1.82) is 0 Å². The minimum atomic E-state index is -4.00. The number of carbonyl (C=O) groups excluding carboxylic acids is 1. The predicted molar refractivity (Wildman–Crippen MR) is 144 cm³/mol. The second-order valence-electron chi connectivity index (χ2n) is 9.51. The summed E-state index contributed by atoms with van der Waals surface area (Å²) in [6, 6.07) is 20.2. The van der Waals surface area contributed by atoms with Crippen molar-refractivity contribution in [1.82, 2.24) is 14.2 Å². The molecule has 0 unspecified atom stereocenters. The quantitative estimate of drug-likeness (QED) is 0.308. The molecule has 0 bridgehead atoms. The zero-order valence-corrected chi connectivity index (χ0v) is 22.1. The van der Waals surface area contributed by atoms with Crippen molar-refractivity contribution in [2.45, 2.75) is 44.7 Å². The van der Waals surface area contributed by atoms with E-state index < -0.39 is 21.9 Å². The van der Waals surface area contributed by atoms with Crippen molar-refractivity contribution in [3.05, 3.63) is 102 Å². The molecular formula is C29H32FN3O3S. The molecule has 194 valence electrons. The highest BCUT2D eigenvalue weighted by atomic mass is 32.2. The van der Waals surface area contributed by atoms with Crippen molar-refractivity contribution in [3.8, 4) is 0 Å². The van der Waals surface area contributed by atoms with Crippen molar-refractivity contribution < 1.29 is 17.6 Å². The molecule has 0 saturated heterocycles. The number of rotatable bonds is 10. The van der Waals surface area contributed by atoms with E-state index in [1.165, 1.54) is 16.4 Å². The van der Waals surface area contributed by atoms with E-state index in [0.717, 1.165) is 39.7 Å². The number of hydrogen-bond acceptors (Lipinski definition) is 3. The lowest BCUT2D eigenvalue weighted by atomic mass is 10.1. The zero-order chi connectivity index (χ0) is 26.6. The van der Waals surface area contributed by atoms with Crippen LogP contribution in [-0.4, -0.2) is 47.6 Å². The molecular weight excluding hydrogens is 489 g/mol. The van der Waals surface area contributed by atoms with Crippen LogP contribution in [0.5, 0.6) is 0 Å². The molecule has 0 spiro atoms. The second-order valence-corrected chi connectivity index (χ2v) is 11.4. The first kappa shape index (κ1) is 26.6. The Hall–Kier alpha value is -3.49. The topological polar surface area (TPSA) is 73.5 Å². The van der Waals surface area contributed by atoms with Gasteiger partial charge >= 0.3 is 0 Å². The summed E-state index contributed by atoms with van der Waals surface area (Å²) in [5.74, 6) is -0.813. The number of benzene rings is 3. The largest absolute Gasteiger partial charge is 0.361 e. The number of fused-ring (bicyclic) bond motifs is 1. The van der Waals surface area contributed by atoms with Gasteiger partial charge in [-0.1, -0.05) is 48.0 Å². The van der Waals surface area contributed by atoms with Gasteiger partial charge in [-0.05, 0) is 68.7 Å². The molecule has 1 heterocycles. The molecule has 3 aromatic carbocycles. The highest BCUT2D eigenvalue weighted by Crippen LogP contribution is 2.21. The maximum atomic E-state index is 13.6. The molecule has 37 heavy (non-hydrogen) atoms. The highest BCUT2D eigenvalue weighted by Gasteiger charge is 2.31. The minimum absolute atomic E-state index is 0.0423. The number of aromatic amines is 1. The Labute approximate surface area is 217 Å². The third kappa shape index (κ3) is 6.26. The monoisotopic (exact) mass is 521 g/mol. The Morgan fingerprint density at radius 3 is 2.32 bits per heavy atom. The van der Waals surface area contributed by atoms with Gasteiger partial charge in [-0.2, -0.15) is 4.31 Å². The molecule has 0 saturated carbocycles. The van der Waals surface area contributed by atoms with E-state index in [4.69, 9.17) is 0 Å². The van der Waals surface area contributed by atoms with Gasteiger partial charge in [-0.15, -0.1) is 0 Å². The molecule has 0 atom stereocenters. The Morgan fingerprint density at radius 1 is 0.973 bits per heavy atom. The first-order valence-electron chi connectivity index (χ1n) is 12.3. The third-order valence-electron chi connectivity index (χ3n) is 6.46. The summed E-state index contributed by atoms with van der Waals surface area (Å²) in [6.07, 6.45) is 2.58. The minimum Gasteiger partial charge on any atom is -0.361 e. The van der Waals surface area contributed by atoms with Crippen LogP contribution in [0.1, 0.15) is 30.5 Å². The number of nitrogens with one attached hydrogen (secondary N) is 1. The highest BCUT2D eigenvalue weighted by molar-refractivity contribution is 7.89. The standard InChI is InChI=1S/C29H32FN3O3S/c1-21(2)33(37(35,36)26-14-12-25(30)13-15-26)20-29(34)32(19-23-10-8-22(3)9-11-23)17-16-24-18-31-28-7-5-4-6-27(24)28/h4-15,18,21,31H,16-17,19-20H2,1-3H3. The number of halogens is 1. The molecule has 8 heteroatoms. The number of hydrogen-bond donors (Lipinski definition) is 1. The Balaban J connectivity index is 1.58. The summed E-state index contributed by atoms with van der Waals surface area (Å²) < 4.78 is 41.3. The van der Waals surface area contributed by atoms with E-state index in [2.05, 4.69) is 4.98 Å². The maximum Gasteiger partial charge on any atom is 0.243 e. The second kappa shape index (κ2) is 11.3. The fraction of sp³-hybridized carbons (Fsp3) is 0.276. The van der Waals surface area contributed by atoms with Gasteiger partial charge in [0.1, 0.15) is 5.82 Å². The molecule has 0 radical (unpaired) electrons. The van der Waals surface area contributed by atoms with E-state index in [1.54, 1.807) is 18.7 Å². The molecule has 1 amide bonds. The van der Waals surface area contributed by atoms with E-state index in [-0.39, 0.29) is 17.3 Å². The van der Waals surface area contributed by atoms with Gasteiger partial charge in [0.25, 0.3) is 0 Å². The third-order valence-corrected chi connectivity index (χ3v) is 8.50. The van der Waals surface area contributed by atoms with Gasteiger partial charge in [0.05, 0.1) is 11.4 Å². The van der Waals surface area contributed by atoms with Gasteiger partial charge < -0.3 is 9.88 Å². The average molecular weight is 522 g/mol. The van der Waals surface area contributed by atoms with Gasteiger partial charge in [0.2, 0.25) is 15.9 Å². The molecule has 0 fully saturated rings. The lowest BCUT2D eigenvalue weighted by Crippen LogP contribution is -2.46. The SMILES string of the molecule is Cc1ccc(CN(CCc2c[nH]c3ccccc23)C(=O)CN(C(C)C)S(=O)(=O)c2ccc(F)cc2)cc1. The van der Waals surface area contributed by atoms with Gasteiger partial charge in [-0.25, -0.2) is 12.8 Å². The van der Waals surface area contributed by atoms with Crippen LogP contribution in [0.4, 0.5) is 4.39 Å². The Kier molecular flexibility index (Phi) is 8.10. The Morgan fingerprint density at radius 2 is 1.65 bits per heavy atom. The smallest absolute Gasteiger partial charge is 0.243 e. The maximum absolute atomic E-state index is 13.6. The molecule has 0 aliphatic rings. The Bertz CT molecular complexity index is 1460. The summed E-state index contributed by atoms with van der Waals surface area (Å²) in [6.45, 7) is 5.94. The normalized spacial score (nSPS) is 11.9. The zero-order valence-electron chi connectivity index (χ0n) is 21.3. The summed E-state index contributed by atoms with van der Waals surface area (Å²) in [4.78, 5) is 18.6. The lowest BCUT2D eigenvalue weighted by molar-refractivity contribution is -0.132. The van der Waals surface area contributed by atoms with Crippen LogP contribution in [0, 0.1) is 12.7 Å². The van der Waals surface area contributed by atoms with Gasteiger partial charge in [0, 0.05) is 36.2 Å². The summed E-state index contributed by atoms with van der Waals surface area (Å²) in [7, 11) is -4.00. The molecule has 0 aliphatic heterocycles. The fourth-order valence-electron chi connectivity index (χ4n) is 4.32. The number of para-hydroxylation sites is 1. The molecule has 1 aromatic heterocycles. The van der Waals surface area contributed by atoms with E-state index in [9.17, 15) is 17.6 Å². The van der Waals surface area contributed by atoms with E-state index >= 15 is 0 Å². The van der Waals surface area contributed by atoms with E-state index in [0.29, 0.717) is 19.5 Å². The number of carbonyl (C=O) groups is 1. The van der Waals surface area contributed by atoms with Crippen LogP contribution in [0.3, 0.4) is 0 Å². The number of aryl methyl sites for hydroxylation is 1. The molecule has 6 nitrogen and oxygen atoms in total. The summed E-state index contributed by atoms with van der Waals surface area (Å²) >= 11 is 0. The number of H-pyrrole nitrogens is 1. The molecule has 1 N–H and O–H groups in total. The van der Waals surface area contributed by atoms with Crippen LogP contribution < -0.4 is 0 Å². The van der Waals surface area contributed by atoms with Crippen LogP contribution in [0.25, 0.3) is 10.9 Å². The predicted octanol–water partition coefficient (Wildman–Crippen LogP) is 5.29. The van der Waals surface area contributed by atoms with Crippen molar-refractivity contribution in [3.63, 3.8) is 0 Å². The van der Waals surface area contributed by atoms with Crippen LogP contribution in [0.15, 0.2) is 83.9 Å². The number of nitrogens with zero attached hydrogens (tertiary/aromatic N) is 2. The number of aromatic nitrogens is 1. The summed E-state index contributed by atoms with van der Waals surface area (Å²) in [5.41, 5.74) is 4.22. The number of sulfonamides is 1. The van der Waals surface area contributed by atoms with Crippen LogP contribution in [0.2, 0.25) is 0 Å². The molecule has 4 rings (SSSR count). The lowest BCUT2D eigenvalue weighted by Gasteiger charge is -2.29. The first-order valence-corrected chi connectivity index (χ1v) is 13.7. The molecule has 4 aromatic rings. The van der Waals surface area contributed by atoms with Crippen molar-refractivity contribution in [2.24, 2.45) is 0 Å². The first-order chi connectivity index (χ1) is 17.6. The molecule has 0 aliphatic carbocycles. The van der Waals surface area contributed by atoms with Gasteiger partial charge in [0.15, 0.2) is 0 Å². The van der Waals surface area contributed by atoms with Crippen LogP contribution in [-0.2, 0) is 27.8 Å². The average Bonchev–Trinajstić information content (AvgIpc) is 3.29. The van der Waals surface area contributed by atoms with Crippen molar-refractivity contribution in [2.75, 3.05) is 13.1 Å². The van der Waals surface area contributed by atoms with Gasteiger partial charge in [-0.3, -0.25) is 4.79 Å². The van der Waals surface area contributed by atoms with Crippen molar-refractivity contribution >= 4 is 26.8 Å².